The molecule has 1 unspecified atom stereocenters. The van der Waals surface area contributed by atoms with E-state index in [2.05, 4.69) is 57.7 Å². The molecule has 0 bridgehead atoms. The first kappa shape index (κ1) is 13.4. The third-order valence-corrected chi connectivity index (χ3v) is 4.02. The van der Waals surface area contributed by atoms with Crippen molar-refractivity contribution in [2.75, 3.05) is 11.4 Å². The van der Waals surface area contributed by atoms with Crippen LogP contribution in [0.2, 0.25) is 0 Å². The SMILES string of the molecule is Cc1cccc(C(C)C)c1N1CC(O)CC1(C)C. The minimum atomic E-state index is -0.209. The Morgan fingerprint density at radius 2 is 2.00 bits per heavy atom. The fourth-order valence-corrected chi connectivity index (χ4v) is 3.12. The molecule has 0 saturated carbocycles. The molecule has 0 amide bonds. The van der Waals surface area contributed by atoms with Gasteiger partial charge in [0.25, 0.3) is 0 Å². The van der Waals surface area contributed by atoms with Crippen molar-refractivity contribution in [3.63, 3.8) is 0 Å². The predicted molar refractivity (Wildman–Crippen MR) is 77.3 cm³/mol. The van der Waals surface area contributed by atoms with Crippen LogP contribution >= 0.6 is 0 Å². The minimum Gasteiger partial charge on any atom is -0.391 e. The van der Waals surface area contributed by atoms with E-state index >= 15 is 0 Å². The fraction of sp³-hybridized carbons (Fsp3) is 0.625. The lowest BCUT2D eigenvalue weighted by atomic mass is 9.94. The molecule has 0 radical (unpaired) electrons. The fourth-order valence-electron chi connectivity index (χ4n) is 3.12. The molecular formula is C16H25NO. The molecule has 2 nitrogen and oxygen atoms in total. The van der Waals surface area contributed by atoms with Gasteiger partial charge in [-0.3, -0.25) is 0 Å². The second-order valence-corrected chi connectivity index (χ2v) is 6.45. The van der Waals surface area contributed by atoms with Crippen molar-refractivity contribution < 1.29 is 5.11 Å². The number of para-hydroxylation sites is 1. The van der Waals surface area contributed by atoms with Gasteiger partial charge < -0.3 is 10.0 Å². The van der Waals surface area contributed by atoms with Crippen LogP contribution in [0.1, 0.15) is 51.2 Å². The number of rotatable bonds is 2. The number of hydrogen-bond acceptors (Lipinski definition) is 2. The smallest absolute Gasteiger partial charge is 0.0737 e. The first-order valence-electron chi connectivity index (χ1n) is 6.88. The summed E-state index contributed by atoms with van der Waals surface area (Å²) in [6.07, 6.45) is 0.637. The van der Waals surface area contributed by atoms with Crippen LogP contribution in [0.5, 0.6) is 0 Å². The topological polar surface area (TPSA) is 23.5 Å². The molecular weight excluding hydrogens is 222 g/mol. The predicted octanol–water partition coefficient (Wildman–Crippen LogP) is 3.47. The molecule has 2 rings (SSSR count). The molecule has 1 saturated heterocycles. The van der Waals surface area contributed by atoms with Gasteiger partial charge in [0.2, 0.25) is 0 Å². The van der Waals surface area contributed by atoms with Gasteiger partial charge in [-0.05, 0) is 44.2 Å². The lowest BCUT2D eigenvalue weighted by Crippen LogP contribution is -2.39. The molecule has 0 spiro atoms. The van der Waals surface area contributed by atoms with E-state index < -0.39 is 0 Å². The quantitative estimate of drug-likeness (QED) is 0.865. The summed E-state index contributed by atoms with van der Waals surface area (Å²) >= 11 is 0. The Hall–Kier alpha value is -1.02. The van der Waals surface area contributed by atoms with E-state index in [1.807, 2.05) is 0 Å². The van der Waals surface area contributed by atoms with Gasteiger partial charge >= 0.3 is 0 Å². The average molecular weight is 247 g/mol. The van der Waals surface area contributed by atoms with Crippen molar-refractivity contribution in [3.8, 4) is 0 Å². The summed E-state index contributed by atoms with van der Waals surface area (Å²) < 4.78 is 0. The number of aliphatic hydroxyl groups excluding tert-OH is 1. The molecule has 1 fully saturated rings. The van der Waals surface area contributed by atoms with Gasteiger partial charge in [-0.1, -0.05) is 32.0 Å². The zero-order chi connectivity index (χ0) is 13.5. The summed E-state index contributed by atoms with van der Waals surface area (Å²) in [7, 11) is 0. The molecule has 0 aliphatic carbocycles. The largest absolute Gasteiger partial charge is 0.391 e. The van der Waals surface area contributed by atoms with E-state index in [9.17, 15) is 5.11 Å². The molecule has 1 aliphatic rings. The van der Waals surface area contributed by atoms with Crippen molar-refractivity contribution in [1.29, 1.82) is 0 Å². The van der Waals surface area contributed by atoms with Crippen LogP contribution in [0.25, 0.3) is 0 Å². The summed E-state index contributed by atoms with van der Waals surface area (Å²) in [5.41, 5.74) is 4.06. The first-order valence-corrected chi connectivity index (χ1v) is 6.88. The van der Waals surface area contributed by atoms with Crippen molar-refractivity contribution in [1.82, 2.24) is 0 Å². The maximum atomic E-state index is 9.98. The number of β-amino-alcohol motifs (C(OH)–C–C–N with tert-alkyl or cyclic N) is 1. The number of aliphatic hydroxyl groups is 1. The summed E-state index contributed by atoms with van der Waals surface area (Å²) in [5, 5.41) is 9.98. The highest BCUT2D eigenvalue weighted by atomic mass is 16.3. The van der Waals surface area contributed by atoms with Gasteiger partial charge in [0.1, 0.15) is 0 Å². The summed E-state index contributed by atoms with van der Waals surface area (Å²) in [6, 6.07) is 6.52. The highest BCUT2D eigenvalue weighted by Gasteiger charge is 2.39. The lowest BCUT2D eigenvalue weighted by molar-refractivity contribution is 0.188. The van der Waals surface area contributed by atoms with Gasteiger partial charge in [-0.25, -0.2) is 0 Å². The zero-order valence-corrected chi connectivity index (χ0v) is 12.2. The van der Waals surface area contributed by atoms with E-state index in [4.69, 9.17) is 0 Å². The molecule has 1 aromatic carbocycles. The standard InChI is InChI=1S/C16H25NO/c1-11(2)14-8-6-7-12(3)15(14)17-10-13(18)9-16(17,4)5/h6-8,11,13,18H,9-10H2,1-5H3. The van der Waals surface area contributed by atoms with Crippen LogP contribution in [-0.4, -0.2) is 23.3 Å². The van der Waals surface area contributed by atoms with Crippen LogP contribution in [0.3, 0.4) is 0 Å². The van der Waals surface area contributed by atoms with Crippen molar-refractivity contribution in [2.45, 2.75) is 58.6 Å². The number of benzene rings is 1. The summed E-state index contributed by atoms with van der Waals surface area (Å²) in [4.78, 5) is 2.39. The molecule has 1 aromatic rings. The highest BCUT2D eigenvalue weighted by molar-refractivity contribution is 5.63. The number of aryl methyl sites for hydroxylation is 1. The van der Waals surface area contributed by atoms with Crippen LogP contribution in [0.15, 0.2) is 18.2 Å². The first-order chi connectivity index (χ1) is 8.33. The summed E-state index contributed by atoms with van der Waals surface area (Å²) in [5.74, 6) is 0.508. The van der Waals surface area contributed by atoms with Gasteiger partial charge in [0, 0.05) is 17.8 Å². The third kappa shape index (κ3) is 2.26. The van der Waals surface area contributed by atoms with Gasteiger partial charge in [-0.2, -0.15) is 0 Å². The maximum absolute atomic E-state index is 9.98. The Morgan fingerprint density at radius 3 is 2.50 bits per heavy atom. The van der Waals surface area contributed by atoms with E-state index in [0.29, 0.717) is 5.92 Å². The normalized spacial score (nSPS) is 22.8. The molecule has 1 aliphatic heterocycles. The van der Waals surface area contributed by atoms with Gasteiger partial charge in [0.15, 0.2) is 0 Å². The van der Waals surface area contributed by atoms with Gasteiger partial charge in [0.05, 0.1) is 6.10 Å². The summed E-state index contributed by atoms with van der Waals surface area (Å²) in [6.45, 7) is 11.8. The van der Waals surface area contributed by atoms with Gasteiger partial charge in [-0.15, -0.1) is 0 Å². The van der Waals surface area contributed by atoms with Crippen molar-refractivity contribution in [2.24, 2.45) is 0 Å². The zero-order valence-electron chi connectivity index (χ0n) is 12.2. The van der Waals surface area contributed by atoms with Crippen LogP contribution < -0.4 is 4.90 Å². The molecule has 18 heavy (non-hydrogen) atoms. The second-order valence-electron chi connectivity index (χ2n) is 6.45. The highest BCUT2D eigenvalue weighted by Crippen LogP contribution is 2.39. The van der Waals surface area contributed by atoms with Crippen molar-refractivity contribution in [3.05, 3.63) is 29.3 Å². The molecule has 100 valence electrons. The number of hydrogen-bond donors (Lipinski definition) is 1. The lowest BCUT2D eigenvalue weighted by Gasteiger charge is -2.36. The Balaban J connectivity index is 2.51. The maximum Gasteiger partial charge on any atom is 0.0737 e. The van der Waals surface area contributed by atoms with E-state index in [0.717, 1.165) is 13.0 Å². The van der Waals surface area contributed by atoms with E-state index in [1.165, 1.54) is 16.8 Å². The molecule has 2 heteroatoms. The molecule has 0 aromatic heterocycles. The van der Waals surface area contributed by atoms with E-state index in [-0.39, 0.29) is 11.6 Å². The minimum absolute atomic E-state index is 0.0369. The third-order valence-electron chi connectivity index (χ3n) is 4.02. The van der Waals surface area contributed by atoms with Crippen LogP contribution in [0, 0.1) is 6.92 Å². The Bertz CT molecular complexity index is 437. The Labute approximate surface area is 111 Å². The molecule has 1 atom stereocenters. The molecule has 1 N–H and O–H groups in total. The van der Waals surface area contributed by atoms with Crippen LogP contribution in [0.4, 0.5) is 5.69 Å². The monoisotopic (exact) mass is 247 g/mol. The Morgan fingerprint density at radius 1 is 1.33 bits per heavy atom. The Kier molecular flexibility index (Phi) is 3.41. The van der Waals surface area contributed by atoms with Crippen LogP contribution in [-0.2, 0) is 0 Å². The van der Waals surface area contributed by atoms with E-state index in [1.54, 1.807) is 0 Å². The average Bonchev–Trinajstić information content (AvgIpc) is 2.51. The number of nitrogens with zero attached hydrogens (tertiary/aromatic N) is 1. The molecule has 1 heterocycles. The number of anilines is 1. The second kappa shape index (κ2) is 4.58. The van der Waals surface area contributed by atoms with Crippen molar-refractivity contribution >= 4 is 5.69 Å².